The van der Waals surface area contributed by atoms with Crippen LogP contribution in [0.25, 0.3) is 0 Å². The second kappa shape index (κ2) is 45.1. The largest absolute Gasteiger partial charge is 0.462 e. The molecule has 0 saturated carbocycles. The first kappa shape index (κ1) is 53.4. The molecule has 0 aromatic rings. The van der Waals surface area contributed by atoms with Gasteiger partial charge < -0.3 is 14.2 Å². The lowest BCUT2D eigenvalue weighted by Gasteiger charge is -2.18. The van der Waals surface area contributed by atoms with Gasteiger partial charge in [-0.15, -0.1) is 0 Å². The van der Waals surface area contributed by atoms with Gasteiger partial charge in [-0.05, 0) is 77.0 Å². The first-order valence-corrected chi connectivity index (χ1v) is 23.6. The lowest BCUT2D eigenvalue weighted by Crippen LogP contribution is -2.30. The van der Waals surface area contributed by atoms with E-state index in [2.05, 4.69) is 69.4 Å². The summed E-state index contributed by atoms with van der Waals surface area (Å²) in [5.41, 5.74) is 0. The summed E-state index contributed by atoms with van der Waals surface area (Å²) in [6, 6.07) is 0. The second-order valence-corrected chi connectivity index (χ2v) is 15.6. The zero-order valence-electron chi connectivity index (χ0n) is 36.9. The van der Waals surface area contributed by atoms with E-state index in [1.54, 1.807) is 0 Å². The third-order valence-electron chi connectivity index (χ3n) is 10.1. The SMILES string of the molecule is CC/C=C\C/C=C\C/C=C\CCCCCCCCCC(=O)OCC(COC(=O)CCCCCCC)OC(=O)CCCCCCC/C=C\CCCCCCCCC. The molecule has 0 aliphatic heterocycles. The average Bonchev–Trinajstić information content (AvgIpc) is 3.19. The normalized spacial score (nSPS) is 12.4. The van der Waals surface area contributed by atoms with Gasteiger partial charge in [0.1, 0.15) is 13.2 Å². The summed E-state index contributed by atoms with van der Waals surface area (Å²) >= 11 is 0. The first-order chi connectivity index (χ1) is 27.5. The fourth-order valence-corrected chi connectivity index (χ4v) is 6.51. The van der Waals surface area contributed by atoms with E-state index in [-0.39, 0.29) is 31.1 Å². The highest BCUT2D eigenvalue weighted by molar-refractivity contribution is 5.71. The number of hydrogen-bond donors (Lipinski definition) is 0. The molecule has 0 saturated heterocycles. The topological polar surface area (TPSA) is 78.9 Å². The number of carbonyl (C=O) groups excluding carboxylic acids is 3. The minimum Gasteiger partial charge on any atom is -0.462 e. The summed E-state index contributed by atoms with van der Waals surface area (Å²) in [5, 5.41) is 0. The van der Waals surface area contributed by atoms with Gasteiger partial charge in [-0.2, -0.15) is 0 Å². The fraction of sp³-hybridized carbons (Fsp3) is 0.780. The Bertz CT molecular complexity index is 996. The third kappa shape index (κ3) is 42.5. The lowest BCUT2D eigenvalue weighted by molar-refractivity contribution is -0.167. The van der Waals surface area contributed by atoms with E-state index in [1.807, 2.05) is 0 Å². The van der Waals surface area contributed by atoms with Crippen molar-refractivity contribution in [2.75, 3.05) is 13.2 Å². The van der Waals surface area contributed by atoms with Crippen molar-refractivity contribution < 1.29 is 28.6 Å². The van der Waals surface area contributed by atoms with Gasteiger partial charge in [0.05, 0.1) is 0 Å². The number of carbonyl (C=O) groups is 3. The summed E-state index contributed by atoms with van der Waals surface area (Å²) < 4.78 is 16.6. The van der Waals surface area contributed by atoms with Crippen LogP contribution in [-0.2, 0) is 28.6 Å². The molecule has 0 bridgehead atoms. The maximum atomic E-state index is 12.7. The van der Waals surface area contributed by atoms with Crippen molar-refractivity contribution in [1.82, 2.24) is 0 Å². The molecule has 1 unspecified atom stereocenters. The summed E-state index contributed by atoms with van der Waals surface area (Å²) in [5.74, 6) is -0.911. The van der Waals surface area contributed by atoms with Crippen molar-refractivity contribution in [3.63, 3.8) is 0 Å². The van der Waals surface area contributed by atoms with Crippen molar-refractivity contribution in [3.8, 4) is 0 Å². The monoisotopic (exact) mass is 785 g/mol. The Morgan fingerprint density at radius 1 is 0.375 bits per heavy atom. The molecule has 0 amide bonds. The minimum atomic E-state index is -0.775. The Balaban J connectivity index is 4.23. The highest BCUT2D eigenvalue weighted by Crippen LogP contribution is 2.14. The molecule has 0 radical (unpaired) electrons. The molecule has 0 N–H and O–H groups in total. The number of ether oxygens (including phenoxy) is 3. The van der Waals surface area contributed by atoms with Crippen LogP contribution in [0.1, 0.15) is 233 Å². The van der Waals surface area contributed by atoms with Crippen LogP contribution in [0.5, 0.6) is 0 Å². The van der Waals surface area contributed by atoms with Crippen molar-refractivity contribution in [2.45, 2.75) is 239 Å². The number of allylic oxidation sites excluding steroid dienone is 8. The summed E-state index contributed by atoms with van der Waals surface area (Å²) in [4.78, 5) is 37.5. The van der Waals surface area contributed by atoms with Crippen molar-refractivity contribution >= 4 is 17.9 Å². The molecular weight excluding hydrogens is 697 g/mol. The van der Waals surface area contributed by atoms with Crippen LogP contribution in [0.3, 0.4) is 0 Å². The molecule has 0 aromatic carbocycles. The molecular formula is C50H88O6. The number of unbranched alkanes of at least 4 members (excludes halogenated alkanes) is 23. The lowest BCUT2D eigenvalue weighted by atomic mass is 10.1. The average molecular weight is 785 g/mol. The highest BCUT2D eigenvalue weighted by Gasteiger charge is 2.19. The Hall–Kier alpha value is -2.63. The van der Waals surface area contributed by atoms with Crippen LogP contribution in [0.15, 0.2) is 48.6 Å². The quantitative estimate of drug-likeness (QED) is 0.0265. The van der Waals surface area contributed by atoms with Gasteiger partial charge in [0, 0.05) is 19.3 Å². The smallest absolute Gasteiger partial charge is 0.306 e. The number of rotatable bonds is 42. The molecule has 0 aliphatic rings. The van der Waals surface area contributed by atoms with E-state index in [4.69, 9.17) is 14.2 Å². The maximum Gasteiger partial charge on any atom is 0.306 e. The Kier molecular flexibility index (Phi) is 43.0. The van der Waals surface area contributed by atoms with E-state index in [0.29, 0.717) is 19.3 Å². The van der Waals surface area contributed by atoms with E-state index >= 15 is 0 Å². The molecule has 0 aromatic heterocycles. The summed E-state index contributed by atoms with van der Waals surface area (Å²) in [6.07, 6.45) is 52.7. The molecule has 0 aliphatic carbocycles. The van der Waals surface area contributed by atoms with E-state index in [1.165, 1.54) is 89.9 Å². The van der Waals surface area contributed by atoms with Gasteiger partial charge >= 0.3 is 17.9 Å². The van der Waals surface area contributed by atoms with Crippen LogP contribution in [0.4, 0.5) is 0 Å². The van der Waals surface area contributed by atoms with Crippen molar-refractivity contribution in [1.29, 1.82) is 0 Å². The van der Waals surface area contributed by atoms with Crippen LogP contribution in [0.2, 0.25) is 0 Å². The van der Waals surface area contributed by atoms with Gasteiger partial charge in [0.15, 0.2) is 6.10 Å². The molecule has 0 fully saturated rings. The molecule has 1 atom stereocenters. The first-order valence-electron chi connectivity index (χ1n) is 23.6. The third-order valence-corrected chi connectivity index (χ3v) is 10.1. The van der Waals surface area contributed by atoms with Crippen LogP contribution < -0.4 is 0 Å². The fourth-order valence-electron chi connectivity index (χ4n) is 6.51. The van der Waals surface area contributed by atoms with Crippen LogP contribution in [-0.4, -0.2) is 37.2 Å². The number of esters is 3. The van der Waals surface area contributed by atoms with Gasteiger partial charge in [-0.25, -0.2) is 0 Å². The maximum absolute atomic E-state index is 12.7. The van der Waals surface area contributed by atoms with E-state index < -0.39 is 6.10 Å². The van der Waals surface area contributed by atoms with Gasteiger partial charge in [0.25, 0.3) is 0 Å². The predicted octanol–water partition coefficient (Wildman–Crippen LogP) is 15.1. The standard InChI is InChI=1S/C50H88O6/c1-4-7-10-13-15-17-19-21-23-25-27-28-30-32-34-37-40-43-49(52)55-46-47(45-54-48(51)42-39-36-12-9-6-3)56-50(53)44-41-38-35-33-31-29-26-24-22-20-18-16-14-11-8-5-2/h7,10,15,17,21,23-24,26,47H,4-6,8-9,11-14,16,18-20,22,25,27-46H2,1-3H3/b10-7-,17-15-,23-21-,26-24-. The molecule has 0 rings (SSSR count). The number of hydrogen-bond acceptors (Lipinski definition) is 6. The van der Waals surface area contributed by atoms with Crippen LogP contribution >= 0.6 is 0 Å². The molecule has 0 heterocycles. The van der Waals surface area contributed by atoms with Gasteiger partial charge in [0.2, 0.25) is 0 Å². The summed E-state index contributed by atoms with van der Waals surface area (Å²) in [7, 11) is 0. The molecule has 6 heteroatoms. The predicted molar refractivity (Wildman–Crippen MR) is 238 cm³/mol. The highest BCUT2D eigenvalue weighted by atomic mass is 16.6. The molecule has 56 heavy (non-hydrogen) atoms. The van der Waals surface area contributed by atoms with Crippen LogP contribution in [0, 0.1) is 0 Å². The van der Waals surface area contributed by atoms with Gasteiger partial charge in [-0.1, -0.05) is 185 Å². The molecule has 0 spiro atoms. The second-order valence-electron chi connectivity index (χ2n) is 15.6. The molecule has 324 valence electrons. The van der Waals surface area contributed by atoms with E-state index in [0.717, 1.165) is 103 Å². The van der Waals surface area contributed by atoms with Crippen molar-refractivity contribution in [3.05, 3.63) is 48.6 Å². The van der Waals surface area contributed by atoms with Crippen molar-refractivity contribution in [2.24, 2.45) is 0 Å². The molecule has 6 nitrogen and oxygen atoms in total. The Labute approximate surface area is 346 Å². The van der Waals surface area contributed by atoms with E-state index in [9.17, 15) is 14.4 Å². The minimum absolute atomic E-state index is 0.0803. The summed E-state index contributed by atoms with van der Waals surface area (Å²) in [6.45, 7) is 6.42. The zero-order valence-corrected chi connectivity index (χ0v) is 36.9. The Morgan fingerprint density at radius 3 is 1.11 bits per heavy atom. The van der Waals surface area contributed by atoms with Gasteiger partial charge in [-0.3, -0.25) is 14.4 Å². The zero-order chi connectivity index (χ0) is 40.8. The Morgan fingerprint density at radius 2 is 0.696 bits per heavy atom.